The van der Waals surface area contributed by atoms with Gasteiger partial charge in [-0.1, -0.05) is 24.5 Å². The van der Waals surface area contributed by atoms with Gasteiger partial charge in [-0.15, -0.1) is 0 Å². The SMILES string of the molecule is C=C[C@H](O)C#CC#CCCCO. The van der Waals surface area contributed by atoms with Crippen molar-refractivity contribution in [3.05, 3.63) is 12.7 Å². The molecule has 2 nitrogen and oxygen atoms in total. The molecule has 64 valence electrons. The molecule has 0 aromatic rings. The molecule has 12 heavy (non-hydrogen) atoms. The van der Waals surface area contributed by atoms with Crippen molar-refractivity contribution in [1.29, 1.82) is 0 Å². The normalized spacial score (nSPS) is 10.2. The van der Waals surface area contributed by atoms with Crippen molar-refractivity contribution in [2.45, 2.75) is 18.9 Å². The lowest BCUT2D eigenvalue weighted by Gasteiger charge is -1.86. The highest BCUT2D eigenvalue weighted by Gasteiger charge is 1.84. The first kappa shape index (κ1) is 10.8. The summed E-state index contributed by atoms with van der Waals surface area (Å²) in [5.41, 5.74) is 0. The fourth-order valence-electron chi connectivity index (χ4n) is 0.443. The molecule has 0 aliphatic carbocycles. The van der Waals surface area contributed by atoms with Crippen LogP contribution in [0.3, 0.4) is 0 Å². The third-order valence-electron chi connectivity index (χ3n) is 1.05. The predicted molar refractivity (Wildman–Crippen MR) is 48.1 cm³/mol. The molecule has 0 saturated carbocycles. The summed E-state index contributed by atoms with van der Waals surface area (Å²) >= 11 is 0. The van der Waals surface area contributed by atoms with E-state index in [4.69, 9.17) is 10.2 Å². The summed E-state index contributed by atoms with van der Waals surface area (Å²) in [6.07, 6.45) is 1.84. The molecule has 0 aromatic heterocycles. The van der Waals surface area contributed by atoms with E-state index >= 15 is 0 Å². The molecule has 0 spiro atoms. The van der Waals surface area contributed by atoms with E-state index in [2.05, 4.69) is 30.3 Å². The number of unbranched alkanes of at least 4 members (excludes halogenated alkanes) is 1. The quantitative estimate of drug-likeness (QED) is 0.358. The Balaban J connectivity index is 3.65. The first-order chi connectivity index (χ1) is 5.81. The third kappa shape index (κ3) is 6.89. The Kier molecular flexibility index (Phi) is 7.08. The molecule has 0 rings (SSSR count). The van der Waals surface area contributed by atoms with Crippen molar-refractivity contribution in [3.8, 4) is 23.7 Å². The first-order valence-corrected chi connectivity index (χ1v) is 3.71. The smallest absolute Gasteiger partial charge is 0.134 e. The third-order valence-corrected chi connectivity index (χ3v) is 1.05. The van der Waals surface area contributed by atoms with E-state index in [0.717, 1.165) is 0 Å². The number of hydrogen-bond acceptors (Lipinski definition) is 2. The second-order valence-corrected chi connectivity index (χ2v) is 2.08. The Labute approximate surface area is 72.9 Å². The Morgan fingerprint density at radius 2 is 2.17 bits per heavy atom. The highest BCUT2D eigenvalue weighted by Crippen LogP contribution is 1.82. The van der Waals surface area contributed by atoms with E-state index < -0.39 is 6.10 Å². The van der Waals surface area contributed by atoms with Crippen LogP contribution >= 0.6 is 0 Å². The molecular formula is C10H12O2. The summed E-state index contributed by atoms with van der Waals surface area (Å²) in [5, 5.41) is 17.3. The van der Waals surface area contributed by atoms with Crippen molar-refractivity contribution < 1.29 is 10.2 Å². The minimum absolute atomic E-state index is 0.150. The van der Waals surface area contributed by atoms with Gasteiger partial charge in [-0.25, -0.2) is 0 Å². The first-order valence-electron chi connectivity index (χ1n) is 3.71. The van der Waals surface area contributed by atoms with Gasteiger partial charge in [0.25, 0.3) is 0 Å². The van der Waals surface area contributed by atoms with E-state index in [1.165, 1.54) is 6.08 Å². The number of aliphatic hydroxyl groups excluding tert-OH is 2. The molecule has 2 N–H and O–H groups in total. The molecule has 0 radical (unpaired) electrons. The van der Waals surface area contributed by atoms with Gasteiger partial charge < -0.3 is 10.2 Å². The zero-order valence-corrected chi connectivity index (χ0v) is 6.88. The van der Waals surface area contributed by atoms with Gasteiger partial charge in [0.05, 0.1) is 0 Å². The van der Waals surface area contributed by atoms with Crippen LogP contribution in [0.4, 0.5) is 0 Å². The standard InChI is InChI=1S/C10H12O2/c1-2-10(12)8-6-4-3-5-7-9-11/h2,10-12H,1,5,7,9H2/t10-/m0/s1. The second-order valence-electron chi connectivity index (χ2n) is 2.08. The highest BCUT2D eigenvalue weighted by molar-refractivity contribution is 5.28. The van der Waals surface area contributed by atoms with Crippen LogP contribution in [0.1, 0.15) is 12.8 Å². The fourth-order valence-corrected chi connectivity index (χ4v) is 0.443. The summed E-state index contributed by atoms with van der Waals surface area (Å²) in [6.45, 7) is 3.51. The average molecular weight is 164 g/mol. The molecule has 0 aliphatic heterocycles. The summed E-state index contributed by atoms with van der Waals surface area (Å²) < 4.78 is 0. The van der Waals surface area contributed by atoms with E-state index in [-0.39, 0.29) is 6.61 Å². The lowest BCUT2D eigenvalue weighted by Crippen LogP contribution is -1.94. The van der Waals surface area contributed by atoms with Gasteiger partial charge >= 0.3 is 0 Å². The van der Waals surface area contributed by atoms with E-state index in [0.29, 0.717) is 12.8 Å². The maximum atomic E-state index is 8.86. The van der Waals surface area contributed by atoms with Gasteiger partial charge in [0.2, 0.25) is 0 Å². The summed E-state index contributed by atoms with van der Waals surface area (Å²) in [5.74, 6) is 10.2. The van der Waals surface area contributed by atoms with Crippen molar-refractivity contribution >= 4 is 0 Å². The maximum absolute atomic E-state index is 8.86. The lowest BCUT2D eigenvalue weighted by molar-refractivity contribution is 0.281. The molecular weight excluding hydrogens is 152 g/mol. The van der Waals surface area contributed by atoms with Crippen LogP contribution < -0.4 is 0 Å². The minimum atomic E-state index is -0.794. The van der Waals surface area contributed by atoms with Gasteiger partial charge in [0.1, 0.15) is 6.10 Å². The van der Waals surface area contributed by atoms with Crippen LogP contribution in [0.5, 0.6) is 0 Å². The van der Waals surface area contributed by atoms with Crippen LogP contribution in [0, 0.1) is 23.7 Å². The van der Waals surface area contributed by atoms with Crippen molar-refractivity contribution in [1.82, 2.24) is 0 Å². The number of rotatable bonds is 3. The second kappa shape index (κ2) is 7.88. The van der Waals surface area contributed by atoms with Crippen LogP contribution in [0.25, 0.3) is 0 Å². The molecule has 0 unspecified atom stereocenters. The topological polar surface area (TPSA) is 40.5 Å². The Morgan fingerprint density at radius 3 is 2.75 bits per heavy atom. The van der Waals surface area contributed by atoms with Crippen LogP contribution in [-0.2, 0) is 0 Å². The molecule has 0 fully saturated rings. The van der Waals surface area contributed by atoms with E-state index in [9.17, 15) is 0 Å². The Hall–Kier alpha value is -1.22. The van der Waals surface area contributed by atoms with Crippen LogP contribution in [-0.4, -0.2) is 22.9 Å². The summed E-state index contributed by atoms with van der Waals surface area (Å²) in [7, 11) is 0. The lowest BCUT2D eigenvalue weighted by atomic mass is 10.3. The number of aliphatic hydroxyl groups is 2. The van der Waals surface area contributed by atoms with Gasteiger partial charge in [0.15, 0.2) is 0 Å². The largest absolute Gasteiger partial charge is 0.396 e. The van der Waals surface area contributed by atoms with Gasteiger partial charge in [-0.2, -0.15) is 0 Å². The monoisotopic (exact) mass is 164 g/mol. The van der Waals surface area contributed by atoms with Crippen LogP contribution in [0.2, 0.25) is 0 Å². The maximum Gasteiger partial charge on any atom is 0.134 e. The zero-order valence-electron chi connectivity index (χ0n) is 6.88. The summed E-state index contributed by atoms with van der Waals surface area (Å²) in [6, 6.07) is 0. The molecule has 0 aliphatic rings. The summed E-state index contributed by atoms with van der Waals surface area (Å²) in [4.78, 5) is 0. The average Bonchev–Trinajstić information content (AvgIpc) is 2.10. The van der Waals surface area contributed by atoms with E-state index in [1.807, 2.05) is 0 Å². The van der Waals surface area contributed by atoms with Crippen molar-refractivity contribution in [2.75, 3.05) is 6.61 Å². The molecule has 0 aromatic carbocycles. The minimum Gasteiger partial charge on any atom is -0.396 e. The molecule has 2 heteroatoms. The van der Waals surface area contributed by atoms with Crippen molar-refractivity contribution in [3.63, 3.8) is 0 Å². The molecule has 0 heterocycles. The Bertz CT molecular complexity index is 234. The van der Waals surface area contributed by atoms with Crippen molar-refractivity contribution in [2.24, 2.45) is 0 Å². The van der Waals surface area contributed by atoms with Gasteiger partial charge in [-0.3, -0.25) is 0 Å². The van der Waals surface area contributed by atoms with Crippen LogP contribution in [0.15, 0.2) is 12.7 Å². The zero-order chi connectivity index (χ0) is 9.23. The fraction of sp³-hybridized carbons (Fsp3) is 0.400. The molecule has 0 amide bonds. The van der Waals surface area contributed by atoms with E-state index in [1.54, 1.807) is 0 Å². The van der Waals surface area contributed by atoms with Gasteiger partial charge in [-0.05, 0) is 18.3 Å². The highest BCUT2D eigenvalue weighted by atomic mass is 16.3. The van der Waals surface area contributed by atoms with Gasteiger partial charge in [0, 0.05) is 13.0 Å². The molecule has 1 atom stereocenters. The Morgan fingerprint density at radius 1 is 1.42 bits per heavy atom. The molecule has 0 bridgehead atoms. The number of hydrogen-bond donors (Lipinski definition) is 2. The predicted octanol–water partition coefficient (Wildman–Crippen LogP) is 0.313. The molecule has 0 saturated heterocycles.